The van der Waals surface area contributed by atoms with Crippen LogP contribution in [0, 0.1) is 0 Å². The Kier molecular flexibility index (Phi) is 14.3. The summed E-state index contributed by atoms with van der Waals surface area (Å²) in [6.07, 6.45) is 12.5. The van der Waals surface area contributed by atoms with Crippen LogP contribution in [0.1, 0.15) is 65.7 Å². The fourth-order valence-electron chi connectivity index (χ4n) is 1.80. The van der Waals surface area contributed by atoms with Gasteiger partial charge in [0.25, 0.3) is 0 Å². The summed E-state index contributed by atoms with van der Waals surface area (Å²) in [5.41, 5.74) is 3.04. The van der Waals surface area contributed by atoms with Crippen molar-refractivity contribution < 1.29 is 18.1 Å². The zero-order valence-electron chi connectivity index (χ0n) is 13.8. The summed E-state index contributed by atoms with van der Waals surface area (Å²) in [5.74, 6) is 0. The minimum absolute atomic E-state index is 0.185. The van der Waals surface area contributed by atoms with Gasteiger partial charge in [0.1, 0.15) is 0 Å². The minimum atomic E-state index is -3.38. The summed E-state index contributed by atoms with van der Waals surface area (Å²) in [7, 11) is -3.38. The predicted molar refractivity (Wildman–Crippen MR) is 87.5 cm³/mol. The molecule has 0 aliphatic rings. The normalized spacial score (nSPS) is 11.2. The third-order valence-corrected chi connectivity index (χ3v) is 4.44. The first-order valence-electron chi connectivity index (χ1n) is 8.11. The first-order valence-corrected chi connectivity index (χ1v) is 9.57. The topological polar surface area (TPSA) is 44.8 Å². The Hall–Kier alpha value is -0.370. The van der Waals surface area contributed by atoms with Gasteiger partial charge in [-0.1, -0.05) is 39.0 Å². The maximum atomic E-state index is 11.9. The Bertz CT molecular complexity index is 325. The predicted octanol–water partition coefficient (Wildman–Crippen LogP) is 5.65. The van der Waals surface area contributed by atoms with Crippen molar-refractivity contribution in [3.05, 3.63) is 17.9 Å². The Morgan fingerprint density at radius 2 is 1.48 bits per heavy atom. The van der Waals surface area contributed by atoms with Crippen molar-refractivity contribution in [2.24, 2.45) is 0 Å². The maximum absolute atomic E-state index is 11.9. The molecule has 5 heteroatoms. The summed E-state index contributed by atoms with van der Waals surface area (Å²) in [6, 6.07) is 0. The molecule has 0 rings (SSSR count). The number of hydrogen-bond donors (Lipinski definition) is 0. The fourth-order valence-corrected chi connectivity index (χ4v) is 2.91. The molecule has 0 heterocycles. The smallest absolute Gasteiger partial charge is 0.287 e. The van der Waals surface area contributed by atoms with Gasteiger partial charge in [-0.25, -0.2) is 4.57 Å². The summed E-state index contributed by atoms with van der Waals surface area (Å²) >= 11 is 0. The van der Waals surface area contributed by atoms with Crippen molar-refractivity contribution in [1.29, 1.82) is 0 Å². The molecule has 0 aromatic carbocycles. The number of hydrogen-bond acceptors (Lipinski definition) is 4. The molecule has 0 atom stereocenters. The molecule has 0 aromatic heterocycles. The molecule has 0 aliphatic carbocycles. The van der Waals surface area contributed by atoms with E-state index in [2.05, 4.69) is 12.7 Å². The van der Waals surface area contributed by atoms with Gasteiger partial charge in [0, 0.05) is 0 Å². The van der Waals surface area contributed by atoms with E-state index in [9.17, 15) is 4.57 Å². The average Bonchev–Trinajstić information content (AvgIpc) is 2.45. The lowest BCUT2D eigenvalue weighted by atomic mass is 10.1. The summed E-state index contributed by atoms with van der Waals surface area (Å²) < 4.78 is 27.1. The van der Waals surface area contributed by atoms with Crippen LogP contribution < -0.4 is 0 Å². The van der Waals surface area contributed by atoms with Crippen LogP contribution >= 0.6 is 7.82 Å². The lowest BCUT2D eigenvalue weighted by molar-refractivity contribution is 0.131. The lowest BCUT2D eigenvalue weighted by Crippen LogP contribution is -1.99. The molecule has 0 radical (unpaired) electrons. The van der Waals surface area contributed by atoms with E-state index >= 15 is 0 Å². The maximum Gasteiger partial charge on any atom is 0.475 e. The standard InChI is InChI=1S/C16H31O4P/c1-4-7-8-9-10-11-12-13-14-15-16-20-21(17,18-5-2)19-6-3/h13,15H,4-12,16H2,1-3H3. The van der Waals surface area contributed by atoms with E-state index in [1.165, 1.54) is 38.5 Å². The SMILES string of the molecule is CCCCCCCCC=C=CCOP(=O)(OCC)OCC. The van der Waals surface area contributed by atoms with Gasteiger partial charge in [0.15, 0.2) is 0 Å². The van der Waals surface area contributed by atoms with E-state index < -0.39 is 7.82 Å². The number of phosphoric ester groups is 1. The Morgan fingerprint density at radius 3 is 2.10 bits per heavy atom. The molecule has 0 amide bonds. The van der Waals surface area contributed by atoms with E-state index in [0.29, 0.717) is 13.2 Å². The molecule has 0 unspecified atom stereocenters. The van der Waals surface area contributed by atoms with Crippen molar-refractivity contribution in [3.63, 3.8) is 0 Å². The average molecular weight is 318 g/mol. The second-order valence-corrected chi connectivity index (χ2v) is 6.38. The molecular weight excluding hydrogens is 287 g/mol. The fraction of sp³-hybridized carbons (Fsp3) is 0.812. The molecule has 21 heavy (non-hydrogen) atoms. The molecule has 0 spiro atoms. The first-order chi connectivity index (χ1) is 10.2. The van der Waals surface area contributed by atoms with Gasteiger partial charge < -0.3 is 0 Å². The zero-order chi connectivity index (χ0) is 15.8. The van der Waals surface area contributed by atoms with E-state index in [0.717, 1.165) is 6.42 Å². The quantitative estimate of drug-likeness (QED) is 0.236. The van der Waals surface area contributed by atoms with E-state index in [4.69, 9.17) is 13.6 Å². The van der Waals surface area contributed by atoms with Crippen molar-refractivity contribution in [1.82, 2.24) is 0 Å². The Morgan fingerprint density at radius 1 is 0.857 bits per heavy atom. The highest BCUT2D eigenvalue weighted by atomic mass is 31.2. The summed E-state index contributed by atoms with van der Waals surface area (Å²) in [6.45, 7) is 6.52. The van der Waals surface area contributed by atoms with Gasteiger partial charge >= 0.3 is 7.82 Å². The van der Waals surface area contributed by atoms with Gasteiger partial charge in [-0.3, -0.25) is 13.6 Å². The molecule has 0 aromatic rings. The minimum Gasteiger partial charge on any atom is -0.287 e. The number of rotatable bonds is 14. The van der Waals surface area contributed by atoms with E-state index in [-0.39, 0.29) is 6.61 Å². The van der Waals surface area contributed by atoms with Crippen LogP contribution in [0.2, 0.25) is 0 Å². The van der Waals surface area contributed by atoms with Gasteiger partial charge in [0.2, 0.25) is 0 Å². The largest absolute Gasteiger partial charge is 0.475 e. The third kappa shape index (κ3) is 13.0. The van der Waals surface area contributed by atoms with Crippen LogP contribution in [0.15, 0.2) is 17.9 Å². The molecule has 0 saturated heterocycles. The number of phosphoric acid groups is 1. The Labute approximate surface area is 130 Å². The molecule has 4 nitrogen and oxygen atoms in total. The van der Waals surface area contributed by atoms with E-state index in [1.54, 1.807) is 19.9 Å². The van der Waals surface area contributed by atoms with Crippen molar-refractivity contribution in [3.8, 4) is 0 Å². The summed E-state index contributed by atoms with van der Waals surface area (Å²) in [5, 5.41) is 0. The van der Waals surface area contributed by atoms with Crippen molar-refractivity contribution in [2.45, 2.75) is 65.7 Å². The van der Waals surface area contributed by atoms with Crippen LogP contribution in [-0.4, -0.2) is 19.8 Å². The van der Waals surface area contributed by atoms with Crippen LogP contribution in [0.25, 0.3) is 0 Å². The zero-order valence-corrected chi connectivity index (χ0v) is 14.7. The lowest BCUT2D eigenvalue weighted by Gasteiger charge is -2.14. The van der Waals surface area contributed by atoms with Gasteiger partial charge in [-0.2, -0.15) is 0 Å². The highest BCUT2D eigenvalue weighted by Crippen LogP contribution is 2.48. The molecule has 124 valence electrons. The first kappa shape index (κ1) is 20.6. The third-order valence-electron chi connectivity index (χ3n) is 2.83. The van der Waals surface area contributed by atoms with Gasteiger partial charge in [-0.05, 0) is 38.8 Å². The highest BCUT2D eigenvalue weighted by molar-refractivity contribution is 7.48. The molecule has 0 bridgehead atoms. The second-order valence-electron chi connectivity index (χ2n) is 4.71. The van der Waals surface area contributed by atoms with Crippen LogP contribution in [0.5, 0.6) is 0 Å². The monoisotopic (exact) mass is 318 g/mol. The van der Waals surface area contributed by atoms with E-state index in [1.807, 2.05) is 6.08 Å². The molecule has 0 saturated carbocycles. The second kappa shape index (κ2) is 14.6. The molecular formula is C16H31O4P. The molecule has 0 N–H and O–H groups in total. The Balaban J connectivity index is 3.73. The van der Waals surface area contributed by atoms with Crippen LogP contribution in [-0.2, 0) is 18.1 Å². The van der Waals surface area contributed by atoms with Gasteiger partial charge in [0.05, 0.1) is 19.8 Å². The van der Waals surface area contributed by atoms with Crippen LogP contribution in [0.4, 0.5) is 0 Å². The van der Waals surface area contributed by atoms with Gasteiger partial charge in [-0.15, -0.1) is 5.73 Å². The highest BCUT2D eigenvalue weighted by Gasteiger charge is 2.24. The van der Waals surface area contributed by atoms with Crippen LogP contribution in [0.3, 0.4) is 0 Å². The number of unbranched alkanes of at least 4 members (excludes halogenated alkanes) is 6. The van der Waals surface area contributed by atoms with Crippen molar-refractivity contribution >= 4 is 7.82 Å². The summed E-state index contributed by atoms with van der Waals surface area (Å²) in [4.78, 5) is 0. The molecule has 0 aliphatic heterocycles. The van der Waals surface area contributed by atoms with Crippen molar-refractivity contribution in [2.75, 3.05) is 19.8 Å². The molecule has 0 fully saturated rings.